The lowest BCUT2D eigenvalue weighted by Crippen LogP contribution is -2.47. The van der Waals surface area contributed by atoms with E-state index in [9.17, 15) is 13.2 Å². The molecule has 0 radical (unpaired) electrons. The van der Waals surface area contributed by atoms with Gasteiger partial charge in [-0.05, 0) is 69.9 Å². The van der Waals surface area contributed by atoms with Gasteiger partial charge in [0, 0.05) is 25.7 Å². The minimum Gasteiger partial charge on any atom is -0.355 e. The Hall–Kier alpha value is -0.410. The smallest absolute Gasteiger partial charge is 0.237 e. The molecule has 3 heterocycles. The summed E-state index contributed by atoms with van der Waals surface area (Å²) in [6.07, 6.45) is 10.6. The van der Waals surface area contributed by atoms with E-state index in [0.717, 1.165) is 83.8 Å². The normalized spacial score (nSPS) is 34.8. The van der Waals surface area contributed by atoms with Crippen LogP contribution in [-0.2, 0) is 14.8 Å². The molecule has 3 N–H and O–H groups in total. The number of nitrogens with one attached hydrogen (secondary N) is 3. The minimum atomic E-state index is -3.27. The Bertz CT molecular complexity index is 715. The highest BCUT2D eigenvalue weighted by Gasteiger charge is 2.40. The van der Waals surface area contributed by atoms with Gasteiger partial charge in [0.1, 0.15) is 0 Å². The third-order valence-electron chi connectivity index (χ3n) is 8.15. The Morgan fingerprint density at radius 2 is 1.84 bits per heavy atom. The molecule has 184 valence electrons. The zero-order chi connectivity index (χ0) is 22.6. The van der Waals surface area contributed by atoms with Crippen molar-refractivity contribution < 1.29 is 13.2 Å². The Balaban J connectivity index is 1.09. The van der Waals surface area contributed by atoms with Gasteiger partial charge in [-0.25, -0.2) is 12.7 Å². The van der Waals surface area contributed by atoms with E-state index in [1.165, 1.54) is 0 Å². The van der Waals surface area contributed by atoms with Crippen molar-refractivity contribution in [2.45, 2.75) is 93.3 Å². The van der Waals surface area contributed by atoms with E-state index < -0.39 is 15.3 Å². The molecule has 0 aromatic carbocycles. The lowest BCUT2D eigenvalue weighted by atomic mass is 9.92. The van der Waals surface area contributed by atoms with E-state index in [4.69, 9.17) is 11.6 Å². The lowest BCUT2D eigenvalue weighted by molar-refractivity contribution is -0.122. The number of amides is 1. The van der Waals surface area contributed by atoms with E-state index in [0.29, 0.717) is 37.4 Å². The first-order chi connectivity index (χ1) is 15.4. The molecule has 32 heavy (non-hydrogen) atoms. The van der Waals surface area contributed by atoms with Crippen LogP contribution in [0.4, 0.5) is 0 Å². The zero-order valence-corrected chi connectivity index (χ0v) is 20.8. The molecule has 4 aliphatic rings. The second-order valence-electron chi connectivity index (χ2n) is 10.3. The number of hydrogen-bond donors (Lipinski definition) is 3. The SMILES string of the molecule is O=C(NCCCCC1CCN(S(=O)(=O)C2CCCCC2Cl)CC1)C1CC2CNCCC2N1. The maximum absolute atomic E-state index is 13.0. The predicted octanol–water partition coefficient (Wildman–Crippen LogP) is 2.20. The van der Waals surface area contributed by atoms with Crippen LogP contribution in [0.2, 0.25) is 0 Å². The summed E-state index contributed by atoms with van der Waals surface area (Å²) in [6.45, 7) is 4.06. The minimum absolute atomic E-state index is 0.0343. The molecule has 9 heteroatoms. The van der Waals surface area contributed by atoms with Gasteiger partial charge >= 0.3 is 0 Å². The monoisotopic (exact) mass is 488 g/mol. The van der Waals surface area contributed by atoms with E-state index >= 15 is 0 Å². The molecule has 7 nitrogen and oxygen atoms in total. The number of carbonyl (C=O) groups excluding carboxylic acids is 1. The van der Waals surface area contributed by atoms with Gasteiger partial charge in [0.05, 0.1) is 16.7 Å². The highest BCUT2D eigenvalue weighted by atomic mass is 35.5. The molecule has 5 unspecified atom stereocenters. The summed E-state index contributed by atoms with van der Waals surface area (Å²) in [5, 5.41) is 9.42. The molecule has 3 saturated heterocycles. The summed E-state index contributed by atoms with van der Waals surface area (Å²) in [5.41, 5.74) is 0. The number of nitrogens with zero attached hydrogens (tertiary/aromatic N) is 1. The maximum atomic E-state index is 13.0. The van der Waals surface area contributed by atoms with Crippen molar-refractivity contribution in [2.24, 2.45) is 11.8 Å². The highest BCUT2D eigenvalue weighted by Crippen LogP contribution is 2.33. The van der Waals surface area contributed by atoms with E-state index in [1.807, 2.05) is 0 Å². The average molecular weight is 489 g/mol. The summed E-state index contributed by atoms with van der Waals surface area (Å²) in [5.74, 6) is 1.32. The maximum Gasteiger partial charge on any atom is 0.237 e. The van der Waals surface area contributed by atoms with Crippen LogP contribution in [0.15, 0.2) is 0 Å². The quantitative estimate of drug-likeness (QED) is 0.360. The van der Waals surface area contributed by atoms with Gasteiger partial charge in [0.15, 0.2) is 0 Å². The second-order valence-corrected chi connectivity index (χ2v) is 13.0. The Kier molecular flexibility index (Phi) is 8.76. The van der Waals surface area contributed by atoms with Gasteiger partial charge < -0.3 is 16.0 Å². The number of sulfonamides is 1. The first-order valence-electron chi connectivity index (χ1n) is 12.8. The van der Waals surface area contributed by atoms with Gasteiger partial charge in [-0.2, -0.15) is 0 Å². The molecule has 4 rings (SSSR count). The standard InChI is InChI=1S/C23H41ClN4O3S/c24-19-6-1-2-7-22(19)32(30,31)28-13-9-17(10-14-28)5-3-4-11-26-23(29)21-15-18-16-25-12-8-20(18)27-21/h17-22,25,27H,1-16H2,(H,26,29). The van der Waals surface area contributed by atoms with Crippen LogP contribution in [0, 0.1) is 11.8 Å². The van der Waals surface area contributed by atoms with Crippen molar-refractivity contribution in [3.8, 4) is 0 Å². The number of fused-ring (bicyclic) bond motifs is 1. The van der Waals surface area contributed by atoms with Gasteiger partial charge in [-0.3, -0.25) is 4.79 Å². The van der Waals surface area contributed by atoms with Crippen LogP contribution in [0.1, 0.15) is 70.6 Å². The van der Waals surface area contributed by atoms with Gasteiger partial charge in [0.25, 0.3) is 0 Å². The number of halogens is 1. The fourth-order valence-corrected chi connectivity index (χ4v) is 8.87. The van der Waals surface area contributed by atoms with Crippen LogP contribution < -0.4 is 16.0 Å². The van der Waals surface area contributed by atoms with E-state index in [2.05, 4.69) is 16.0 Å². The zero-order valence-electron chi connectivity index (χ0n) is 19.2. The molecule has 4 fully saturated rings. The molecule has 0 aromatic rings. The van der Waals surface area contributed by atoms with Gasteiger partial charge in [-0.1, -0.05) is 25.7 Å². The molecular formula is C23H41ClN4O3S. The molecular weight excluding hydrogens is 448 g/mol. The lowest BCUT2D eigenvalue weighted by Gasteiger charge is -2.36. The summed E-state index contributed by atoms with van der Waals surface area (Å²) >= 11 is 6.37. The Morgan fingerprint density at radius 1 is 1.06 bits per heavy atom. The molecule has 0 aromatic heterocycles. The van der Waals surface area contributed by atoms with Crippen LogP contribution >= 0.6 is 11.6 Å². The number of piperidine rings is 2. The van der Waals surface area contributed by atoms with Crippen LogP contribution in [0.3, 0.4) is 0 Å². The third kappa shape index (κ3) is 5.98. The van der Waals surface area contributed by atoms with Crippen LogP contribution in [-0.4, -0.2) is 74.1 Å². The average Bonchev–Trinajstić information content (AvgIpc) is 3.24. The van der Waals surface area contributed by atoms with Crippen molar-refractivity contribution in [1.29, 1.82) is 0 Å². The van der Waals surface area contributed by atoms with Gasteiger partial charge in [0.2, 0.25) is 15.9 Å². The van der Waals surface area contributed by atoms with Crippen molar-refractivity contribution in [3.05, 3.63) is 0 Å². The summed E-state index contributed by atoms with van der Waals surface area (Å²) in [7, 11) is -3.27. The van der Waals surface area contributed by atoms with E-state index in [1.54, 1.807) is 4.31 Å². The van der Waals surface area contributed by atoms with Crippen molar-refractivity contribution in [3.63, 3.8) is 0 Å². The summed E-state index contributed by atoms with van der Waals surface area (Å²) in [4.78, 5) is 12.5. The van der Waals surface area contributed by atoms with Crippen LogP contribution in [0.5, 0.6) is 0 Å². The third-order valence-corrected chi connectivity index (χ3v) is 11.2. The first kappa shape index (κ1) is 24.7. The van der Waals surface area contributed by atoms with Crippen molar-refractivity contribution in [1.82, 2.24) is 20.3 Å². The Labute approximate surface area is 198 Å². The fourth-order valence-electron chi connectivity index (χ4n) is 6.13. The highest BCUT2D eigenvalue weighted by molar-refractivity contribution is 7.89. The Morgan fingerprint density at radius 3 is 2.59 bits per heavy atom. The van der Waals surface area contributed by atoms with Crippen molar-refractivity contribution >= 4 is 27.5 Å². The summed E-state index contributed by atoms with van der Waals surface area (Å²) in [6, 6.07) is 0.461. The number of rotatable bonds is 8. The first-order valence-corrected chi connectivity index (χ1v) is 14.8. The molecule has 0 bridgehead atoms. The molecule has 1 amide bonds. The van der Waals surface area contributed by atoms with Gasteiger partial charge in [-0.15, -0.1) is 11.6 Å². The molecule has 5 atom stereocenters. The molecule has 3 aliphatic heterocycles. The molecule has 0 spiro atoms. The summed E-state index contributed by atoms with van der Waals surface area (Å²) < 4.78 is 27.7. The number of alkyl halides is 1. The van der Waals surface area contributed by atoms with Crippen LogP contribution in [0.25, 0.3) is 0 Å². The number of hydrogen-bond acceptors (Lipinski definition) is 5. The molecule has 1 aliphatic carbocycles. The number of carbonyl (C=O) groups is 1. The molecule has 1 saturated carbocycles. The van der Waals surface area contributed by atoms with E-state index in [-0.39, 0.29) is 17.3 Å². The largest absolute Gasteiger partial charge is 0.355 e. The number of unbranched alkanes of at least 4 members (excludes halogenated alkanes) is 1. The second kappa shape index (κ2) is 11.3. The topological polar surface area (TPSA) is 90.5 Å². The fraction of sp³-hybridized carbons (Fsp3) is 0.957. The van der Waals surface area contributed by atoms with Crippen molar-refractivity contribution in [2.75, 3.05) is 32.7 Å². The predicted molar refractivity (Wildman–Crippen MR) is 128 cm³/mol.